The molecule has 2 fully saturated rings. The van der Waals surface area contributed by atoms with Gasteiger partial charge in [-0.15, -0.1) is 0 Å². The molecule has 0 radical (unpaired) electrons. The molecule has 128 valence electrons. The van der Waals surface area contributed by atoms with Gasteiger partial charge >= 0.3 is 0 Å². The number of hydrogen-bond acceptors (Lipinski definition) is 5. The van der Waals surface area contributed by atoms with Gasteiger partial charge in [-0.1, -0.05) is 0 Å². The minimum atomic E-state index is -0.801. The summed E-state index contributed by atoms with van der Waals surface area (Å²) in [6, 6.07) is 1.46. The first kappa shape index (κ1) is 15.3. The molecule has 2 amide bonds. The number of carbonyl (C=O) groups is 2. The molecule has 3 aliphatic heterocycles. The molecule has 0 bridgehead atoms. The number of rotatable bonds is 1. The molecule has 0 spiro atoms. The van der Waals surface area contributed by atoms with Crippen molar-refractivity contribution in [1.29, 1.82) is 0 Å². The third kappa shape index (κ3) is 2.17. The summed E-state index contributed by atoms with van der Waals surface area (Å²) >= 11 is 0. The maximum Gasteiger partial charge on any atom is 0.271 e. The Labute approximate surface area is 138 Å². The lowest BCUT2D eigenvalue weighted by atomic mass is 9.93. The first-order valence-electron chi connectivity index (χ1n) is 8.28. The Kier molecular flexibility index (Phi) is 3.47. The number of nitrogens with two attached hydrogens (primary N) is 1. The first-order valence-corrected chi connectivity index (χ1v) is 8.28. The Balaban J connectivity index is 1.77. The van der Waals surface area contributed by atoms with Crippen LogP contribution in [0.3, 0.4) is 0 Å². The second-order valence-electron chi connectivity index (χ2n) is 6.73. The number of hydrogen-bond donors (Lipinski definition) is 2. The molecule has 3 atom stereocenters. The monoisotopic (exact) mass is 332 g/mol. The quantitative estimate of drug-likeness (QED) is 0.707. The molecule has 3 aliphatic rings. The Morgan fingerprint density at radius 2 is 2.04 bits per heavy atom. The zero-order valence-corrected chi connectivity index (χ0v) is 13.2. The average molecular weight is 332 g/mol. The molecule has 0 aromatic carbocycles. The second kappa shape index (κ2) is 5.42. The van der Waals surface area contributed by atoms with E-state index in [9.17, 15) is 19.5 Å². The molecule has 1 aromatic rings. The molecule has 4 heterocycles. The highest BCUT2D eigenvalue weighted by Crippen LogP contribution is 2.34. The van der Waals surface area contributed by atoms with Crippen LogP contribution in [0.15, 0.2) is 17.1 Å². The van der Waals surface area contributed by atoms with Crippen molar-refractivity contribution < 1.29 is 14.7 Å². The highest BCUT2D eigenvalue weighted by Gasteiger charge is 2.45. The molecule has 8 nitrogen and oxygen atoms in total. The van der Waals surface area contributed by atoms with Gasteiger partial charge in [-0.2, -0.15) is 0 Å². The lowest BCUT2D eigenvalue weighted by molar-refractivity contribution is -0.145. The Morgan fingerprint density at radius 3 is 2.79 bits per heavy atom. The lowest BCUT2D eigenvalue weighted by Crippen LogP contribution is -2.67. The van der Waals surface area contributed by atoms with Gasteiger partial charge in [-0.25, -0.2) is 0 Å². The fourth-order valence-corrected chi connectivity index (χ4v) is 4.26. The molecule has 3 unspecified atom stereocenters. The van der Waals surface area contributed by atoms with Crippen molar-refractivity contribution in [3.8, 4) is 0 Å². The van der Waals surface area contributed by atoms with Crippen molar-refractivity contribution in [2.24, 2.45) is 5.73 Å². The predicted octanol–water partition coefficient (Wildman–Crippen LogP) is -0.694. The topological polar surface area (TPSA) is 109 Å². The van der Waals surface area contributed by atoms with Crippen LogP contribution >= 0.6 is 0 Å². The number of amides is 2. The predicted molar refractivity (Wildman–Crippen MR) is 84.1 cm³/mol. The lowest BCUT2D eigenvalue weighted by Gasteiger charge is -2.54. The smallest absolute Gasteiger partial charge is 0.271 e. The third-order valence-electron chi connectivity index (χ3n) is 5.41. The number of aliphatic hydroxyl groups is 1. The first-order chi connectivity index (χ1) is 11.5. The van der Waals surface area contributed by atoms with Crippen LogP contribution in [0.1, 0.15) is 46.5 Å². The molecule has 0 saturated carbocycles. The fraction of sp³-hybridized carbons (Fsp3) is 0.562. The Morgan fingerprint density at radius 1 is 1.25 bits per heavy atom. The number of fused-ring (bicyclic) bond motifs is 4. The number of piperidine rings is 1. The van der Waals surface area contributed by atoms with Gasteiger partial charge in [0.25, 0.3) is 11.8 Å². The fourth-order valence-electron chi connectivity index (χ4n) is 4.26. The van der Waals surface area contributed by atoms with Crippen LogP contribution in [0.2, 0.25) is 0 Å². The largest absolute Gasteiger partial charge is 0.378 e. The summed E-state index contributed by atoms with van der Waals surface area (Å²) in [4.78, 5) is 39.9. The minimum absolute atomic E-state index is 0.119. The van der Waals surface area contributed by atoms with Gasteiger partial charge in [0.05, 0.1) is 6.54 Å². The molecule has 3 N–H and O–H groups in total. The van der Waals surface area contributed by atoms with E-state index < -0.39 is 17.6 Å². The number of aromatic nitrogens is 1. The van der Waals surface area contributed by atoms with Gasteiger partial charge in [0.2, 0.25) is 0 Å². The average Bonchev–Trinajstić information content (AvgIpc) is 2.55. The number of pyridine rings is 1. The van der Waals surface area contributed by atoms with E-state index in [2.05, 4.69) is 0 Å². The molecule has 0 aliphatic carbocycles. The molecule has 2 saturated heterocycles. The van der Waals surface area contributed by atoms with E-state index in [0.29, 0.717) is 19.5 Å². The van der Waals surface area contributed by atoms with Crippen molar-refractivity contribution in [3.63, 3.8) is 0 Å². The number of primary amides is 1. The summed E-state index contributed by atoms with van der Waals surface area (Å²) in [5.41, 5.74) is 4.86. The summed E-state index contributed by atoms with van der Waals surface area (Å²) in [6.45, 7) is 1.03. The highest BCUT2D eigenvalue weighted by molar-refractivity contribution is 5.96. The summed E-state index contributed by atoms with van der Waals surface area (Å²) in [5.74, 6) is -1.04. The Bertz CT molecular complexity index is 774. The van der Waals surface area contributed by atoms with Crippen LogP contribution in [-0.4, -0.2) is 56.3 Å². The zero-order chi connectivity index (χ0) is 17.0. The molecule has 4 rings (SSSR count). The van der Waals surface area contributed by atoms with Crippen molar-refractivity contribution >= 4 is 11.8 Å². The molecular weight excluding hydrogens is 312 g/mol. The maximum absolute atomic E-state index is 12.8. The van der Waals surface area contributed by atoms with E-state index in [4.69, 9.17) is 5.73 Å². The minimum Gasteiger partial charge on any atom is -0.378 e. The third-order valence-corrected chi connectivity index (χ3v) is 5.41. The van der Waals surface area contributed by atoms with E-state index in [1.54, 1.807) is 9.47 Å². The summed E-state index contributed by atoms with van der Waals surface area (Å²) in [7, 11) is 0. The maximum atomic E-state index is 12.8. The van der Waals surface area contributed by atoms with Gasteiger partial charge in [0.15, 0.2) is 5.43 Å². The van der Waals surface area contributed by atoms with E-state index in [1.165, 1.54) is 12.3 Å². The van der Waals surface area contributed by atoms with Crippen LogP contribution in [0.25, 0.3) is 0 Å². The number of carbonyl (C=O) groups excluding carboxylic acids is 2. The van der Waals surface area contributed by atoms with E-state index in [1.807, 2.05) is 4.90 Å². The van der Waals surface area contributed by atoms with Crippen LogP contribution in [0.5, 0.6) is 0 Å². The van der Waals surface area contributed by atoms with E-state index >= 15 is 0 Å². The standard InChI is InChI=1S/C16H20N4O4/c17-15(23)10-7-18-8-13-19(16(24)11(18)6-12(10)21)5-4-9-2-1-3-14(22)20(9)13/h6-7,9,13-14,22H,1-5,8H2,(H2,17,23). The van der Waals surface area contributed by atoms with Gasteiger partial charge in [-0.3, -0.25) is 19.3 Å². The molecular formula is C16H20N4O4. The number of aliphatic hydroxyl groups excluding tert-OH is 1. The van der Waals surface area contributed by atoms with Gasteiger partial charge in [-0.05, 0) is 25.7 Å². The van der Waals surface area contributed by atoms with Gasteiger partial charge in [0, 0.05) is 24.8 Å². The molecule has 1 aromatic heterocycles. The van der Waals surface area contributed by atoms with Crippen molar-refractivity contribution in [2.45, 2.75) is 50.7 Å². The Hall–Kier alpha value is -2.19. The van der Waals surface area contributed by atoms with Gasteiger partial charge < -0.3 is 20.3 Å². The highest BCUT2D eigenvalue weighted by atomic mass is 16.3. The second-order valence-corrected chi connectivity index (χ2v) is 6.73. The normalized spacial score (nSPS) is 29.6. The van der Waals surface area contributed by atoms with E-state index in [-0.39, 0.29) is 29.4 Å². The summed E-state index contributed by atoms with van der Waals surface area (Å²) in [6.07, 6.45) is 4.05. The van der Waals surface area contributed by atoms with Crippen molar-refractivity contribution in [2.75, 3.05) is 6.54 Å². The summed E-state index contributed by atoms with van der Waals surface area (Å²) in [5, 5.41) is 10.4. The van der Waals surface area contributed by atoms with E-state index in [0.717, 1.165) is 19.3 Å². The van der Waals surface area contributed by atoms with Crippen LogP contribution in [-0.2, 0) is 6.54 Å². The van der Waals surface area contributed by atoms with Crippen molar-refractivity contribution in [1.82, 2.24) is 14.4 Å². The SMILES string of the molecule is NC(=O)c1cn2c(cc1=O)C(=O)N1CCC3CCCC(O)N3C1C2. The summed E-state index contributed by atoms with van der Waals surface area (Å²) < 4.78 is 1.62. The van der Waals surface area contributed by atoms with Crippen LogP contribution in [0.4, 0.5) is 0 Å². The molecule has 24 heavy (non-hydrogen) atoms. The van der Waals surface area contributed by atoms with Crippen molar-refractivity contribution in [3.05, 3.63) is 33.7 Å². The number of nitrogens with zero attached hydrogens (tertiary/aromatic N) is 3. The zero-order valence-electron chi connectivity index (χ0n) is 13.2. The van der Waals surface area contributed by atoms with Gasteiger partial charge in [0.1, 0.15) is 23.7 Å². The van der Waals surface area contributed by atoms with Crippen LogP contribution < -0.4 is 11.2 Å². The van der Waals surface area contributed by atoms with Crippen LogP contribution in [0, 0.1) is 0 Å². The molecule has 8 heteroatoms.